The molecule has 5 nitrogen and oxygen atoms in total. The quantitative estimate of drug-likeness (QED) is 0.208. The van der Waals surface area contributed by atoms with E-state index in [0.29, 0.717) is 0 Å². The lowest BCUT2D eigenvalue weighted by Crippen LogP contribution is -2.39. The van der Waals surface area contributed by atoms with Crippen molar-refractivity contribution < 1.29 is 24.0 Å². The van der Waals surface area contributed by atoms with Gasteiger partial charge >= 0.3 is 0 Å². The Hall–Kier alpha value is -0.810. The number of carbonyl (C=O) groups is 1. The van der Waals surface area contributed by atoms with Gasteiger partial charge in [-0.25, -0.2) is 0 Å². The third-order valence-corrected chi connectivity index (χ3v) is 6.45. The van der Waals surface area contributed by atoms with Crippen LogP contribution in [0.5, 0.6) is 0 Å². The minimum absolute atomic E-state index is 1.19. The average molecular weight is 461 g/mol. The topological polar surface area (TPSA) is 63.2 Å². The van der Waals surface area contributed by atoms with E-state index in [4.69, 9.17) is 15.0 Å². The zero-order valence-electron chi connectivity index (χ0n) is 23.3. The molecule has 0 radical (unpaired) electrons. The van der Waals surface area contributed by atoms with Crippen LogP contribution >= 0.6 is 0 Å². The molecule has 0 unspecified atom stereocenters. The molecule has 196 valence electrons. The molecule has 0 aromatic heterocycles. The normalized spacial score (nSPS) is 11.2. The van der Waals surface area contributed by atoms with Crippen molar-refractivity contribution in [2.75, 3.05) is 54.4 Å². The van der Waals surface area contributed by atoms with Crippen molar-refractivity contribution in [3.05, 3.63) is 0 Å². The van der Waals surface area contributed by atoms with Crippen molar-refractivity contribution in [2.45, 2.75) is 118 Å². The maximum absolute atomic E-state index is 8.33. The largest absolute Gasteiger partial charge is 0.652 e. The molecule has 32 heavy (non-hydrogen) atoms. The lowest BCUT2D eigenvalue weighted by atomic mass is 10.1. The molecule has 0 aromatic rings. The van der Waals surface area contributed by atoms with Gasteiger partial charge in [-0.1, -0.05) is 78.1 Å². The molecule has 0 heterocycles. The highest BCUT2D eigenvalue weighted by atomic mass is 16.6. The Morgan fingerprint density at radius 1 is 0.500 bits per heavy atom. The minimum Gasteiger partial charge on any atom is -0.652 e. The lowest BCUT2D eigenvalue weighted by molar-refractivity contribution is -0.888. The van der Waals surface area contributed by atoms with Gasteiger partial charge in [0.05, 0.1) is 54.4 Å². The molecule has 0 aliphatic carbocycles. The van der Waals surface area contributed by atoms with E-state index >= 15 is 0 Å². The third-order valence-electron chi connectivity index (χ3n) is 6.45. The van der Waals surface area contributed by atoms with Gasteiger partial charge in [0.1, 0.15) is 0 Å². The predicted octanol–water partition coefficient (Wildman–Crippen LogP) is 5.22. The summed E-state index contributed by atoms with van der Waals surface area (Å²) in [5, 5.41) is 16.7. The Kier molecular flexibility index (Phi) is 27.8. The first-order valence-electron chi connectivity index (χ1n) is 13.5. The summed E-state index contributed by atoms with van der Waals surface area (Å²) in [4.78, 5) is 8.33. The van der Waals surface area contributed by atoms with Crippen LogP contribution in [0.4, 0.5) is 4.79 Å². The SMILES string of the molecule is CCCCCCCCC[N+](C)(C)CC.CCCCCCCCC[N+](C)(C)CC.O=C([O-])[O-]. The summed E-state index contributed by atoms with van der Waals surface area (Å²) in [6.07, 6.45) is 17.6. The Bertz CT molecular complexity index is 351. The highest BCUT2D eigenvalue weighted by Gasteiger charge is 2.10. The van der Waals surface area contributed by atoms with Crippen LogP contribution in [0.25, 0.3) is 0 Å². The molecular weight excluding hydrogens is 400 g/mol. The van der Waals surface area contributed by atoms with E-state index in [1.807, 2.05) is 0 Å². The summed E-state index contributed by atoms with van der Waals surface area (Å²) in [6, 6.07) is 0. The van der Waals surface area contributed by atoms with Crippen LogP contribution in [0.3, 0.4) is 0 Å². The number of carbonyl (C=O) groups excluding carboxylic acids is 1. The van der Waals surface area contributed by atoms with Crippen LogP contribution in [-0.4, -0.2) is 69.5 Å². The summed E-state index contributed by atoms with van der Waals surface area (Å²) in [5.74, 6) is 0. The van der Waals surface area contributed by atoms with Gasteiger partial charge in [0, 0.05) is 0 Å². The zero-order valence-corrected chi connectivity index (χ0v) is 23.3. The van der Waals surface area contributed by atoms with E-state index in [1.54, 1.807) is 0 Å². The second-order valence-corrected chi connectivity index (χ2v) is 10.4. The van der Waals surface area contributed by atoms with Crippen molar-refractivity contribution >= 4 is 6.16 Å². The van der Waals surface area contributed by atoms with Crippen molar-refractivity contribution in [1.82, 2.24) is 0 Å². The lowest BCUT2D eigenvalue weighted by Gasteiger charge is -2.28. The van der Waals surface area contributed by atoms with Gasteiger partial charge in [-0.05, 0) is 45.7 Å². The van der Waals surface area contributed by atoms with Gasteiger partial charge in [0.25, 0.3) is 0 Å². The molecule has 0 atom stereocenters. The highest BCUT2D eigenvalue weighted by molar-refractivity contribution is 5.47. The van der Waals surface area contributed by atoms with Crippen molar-refractivity contribution in [3.63, 3.8) is 0 Å². The van der Waals surface area contributed by atoms with Crippen LogP contribution in [0.2, 0.25) is 0 Å². The van der Waals surface area contributed by atoms with Crippen LogP contribution < -0.4 is 10.2 Å². The molecule has 0 saturated heterocycles. The number of carboxylic acid groups (broad SMARTS) is 2. The predicted molar refractivity (Wildman–Crippen MR) is 136 cm³/mol. The fourth-order valence-corrected chi connectivity index (χ4v) is 3.31. The van der Waals surface area contributed by atoms with Crippen LogP contribution in [-0.2, 0) is 0 Å². The zero-order chi connectivity index (χ0) is 25.3. The van der Waals surface area contributed by atoms with Gasteiger partial charge in [0.2, 0.25) is 0 Å². The van der Waals surface area contributed by atoms with E-state index in [2.05, 4.69) is 55.9 Å². The summed E-state index contributed by atoms with van der Waals surface area (Å²) < 4.78 is 2.38. The van der Waals surface area contributed by atoms with Crippen LogP contribution in [0, 0.1) is 0 Å². The third kappa shape index (κ3) is 36.6. The minimum atomic E-state index is -2.33. The van der Waals surface area contributed by atoms with Gasteiger partial charge in [-0.15, -0.1) is 0 Å². The molecule has 0 saturated carbocycles. The standard InChI is InChI=1S/2C13H30N.CH2O3/c2*1-5-7-8-9-10-11-12-13-14(3,4)6-2;2-1(3)4/h2*5-13H2,1-4H3;(H2,2,3,4)/q2*+1;/p-2. The molecule has 0 bridgehead atoms. The molecule has 0 aromatic carbocycles. The number of hydrogen-bond donors (Lipinski definition) is 0. The van der Waals surface area contributed by atoms with Gasteiger partial charge in [-0.2, -0.15) is 0 Å². The monoisotopic (exact) mass is 460 g/mol. The molecule has 0 amide bonds. The first-order valence-corrected chi connectivity index (χ1v) is 13.5. The van der Waals surface area contributed by atoms with Gasteiger partial charge in [0.15, 0.2) is 0 Å². The maximum atomic E-state index is 8.33. The summed E-state index contributed by atoms with van der Waals surface area (Å²) >= 11 is 0. The van der Waals surface area contributed by atoms with Gasteiger partial charge < -0.3 is 24.0 Å². The average Bonchev–Trinajstić information content (AvgIpc) is 2.72. The number of hydrogen-bond acceptors (Lipinski definition) is 3. The second-order valence-electron chi connectivity index (χ2n) is 10.4. The maximum Gasteiger partial charge on any atom is 0.0782 e. The van der Waals surface area contributed by atoms with Crippen LogP contribution in [0.1, 0.15) is 118 Å². The summed E-state index contributed by atoms with van der Waals surface area (Å²) in [7, 11) is 9.32. The number of unbranched alkanes of at least 4 members (excludes halogenated alkanes) is 12. The molecule has 0 aliphatic heterocycles. The highest BCUT2D eigenvalue weighted by Crippen LogP contribution is 2.09. The molecule has 0 N–H and O–H groups in total. The van der Waals surface area contributed by atoms with Gasteiger partial charge in [-0.3, -0.25) is 0 Å². The fourth-order valence-electron chi connectivity index (χ4n) is 3.31. The van der Waals surface area contributed by atoms with Crippen molar-refractivity contribution in [2.24, 2.45) is 0 Å². The second kappa shape index (κ2) is 24.8. The number of rotatable bonds is 18. The van der Waals surface area contributed by atoms with E-state index in [9.17, 15) is 0 Å². The van der Waals surface area contributed by atoms with Crippen molar-refractivity contribution in [3.8, 4) is 0 Å². The van der Waals surface area contributed by atoms with Crippen molar-refractivity contribution in [1.29, 1.82) is 0 Å². The number of nitrogens with zero attached hydrogens (tertiary/aromatic N) is 2. The fraction of sp³-hybridized carbons (Fsp3) is 0.963. The smallest absolute Gasteiger partial charge is 0.0782 e. The van der Waals surface area contributed by atoms with Crippen LogP contribution in [0.15, 0.2) is 0 Å². The molecule has 0 aliphatic rings. The first-order chi connectivity index (χ1) is 15.0. The molecular formula is C27H60N2O3. The molecule has 0 spiro atoms. The first kappa shape index (κ1) is 35.8. The Labute approximate surface area is 202 Å². The number of quaternary nitrogens is 2. The Morgan fingerprint density at radius 2 is 0.719 bits per heavy atom. The van der Waals surface area contributed by atoms with E-state index < -0.39 is 6.16 Å². The Balaban J connectivity index is -0.000000450. The Morgan fingerprint density at radius 3 is 0.938 bits per heavy atom. The van der Waals surface area contributed by atoms with E-state index in [-0.39, 0.29) is 0 Å². The molecule has 5 heteroatoms. The summed E-state index contributed by atoms with van der Waals surface area (Å²) in [5.41, 5.74) is 0. The molecule has 0 fully saturated rings. The molecule has 0 rings (SSSR count). The summed E-state index contributed by atoms with van der Waals surface area (Å²) in [6.45, 7) is 14.3. The van der Waals surface area contributed by atoms with E-state index in [1.165, 1.54) is 125 Å². The van der Waals surface area contributed by atoms with E-state index in [0.717, 1.165) is 0 Å².